The summed E-state index contributed by atoms with van der Waals surface area (Å²) in [6.45, 7) is 0.659. The summed E-state index contributed by atoms with van der Waals surface area (Å²) in [6, 6.07) is 6.02. The number of nitrogens with one attached hydrogen (secondary N) is 1. The Morgan fingerprint density at radius 2 is 2.06 bits per heavy atom. The third-order valence-electron chi connectivity index (χ3n) is 6.23. The summed E-state index contributed by atoms with van der Waals surface area (Å²) in [5.41, 5.74) is 5.05. The van der Waals surface area contributed by atoms with Crippen molar-refractivity contribution in [3.63, 3.8) is 0 Å². The Balaban J connectivity index is 1.71. The number of halogens is 2. The summed E-state index contributed by atoms with van der Waals surface area (Å²) < 4.78 is 24.2. The fourth-order valence-corrected chi connectivity index (χ4v) is 7.01. The number of methoxy groups -OCH3 is 1. The Morgan fingerprint density at radius 1 is 1.23 bits per heavy atom. The summed E-state index contributed by atoms with van der Waals surface area (Å²) in [5, 5.41) is 2.10. The van der Waals surface area contributed by atoms with Crippen molar-refractivity contribution in [2.24, 2.45) is 4.76 Å². The van der Waals surface area contributed by atoms with E-state index < -0.39 is 6.00 Å². The summed E-state index contributed by atoms with van der Waals surface area (Å²) in [6.07, 6.45) is 5.12. The zero-order valence-corrected chi connectivity index (χ0v) is 20.0. The third-order valence-corrected chi connectivity index (χ3v) is 8.29. The molecule has 160 valence electrons. The zero-order valence-electron chi connectivity index (χ0n) is 16.7. The zero-order chi connectivity index (χ0) is 21.3. The lowest BCUT2D eigenvalue weighted by atomic mass is 9.97. The maximum Gasteiger partial charge on any atom is 0.365 e. The van der Waals surface area contributed by atoms with E-state index in [1.165, 1.54) is 22.4 Å². The fraction of sp³-hybridized carbons (Fsp3) is 0.333. The predicted molar refractivity (Wildman–Crippen MR) is 127 cm³/mol. The molecule has 0 radical (unpaired) electrons. The first-order chi connectivity index (χ1) is 14.9. The van der Waals surface area contributed by atoms with E-state index >= 15 is 0 Å². The molecule has 0 saturated carbocycles. The second kappa shape index (κ2) is 7.11. The molecule has 0 bridgehead atoms. The number of H-pyrrole nitrogens is 1. The van der Waals surface area contributed by atoms with Gasteiger partial charge in [0.2, 0.25) is 0 Å². The van der Waals surface area contributed by atoms with Crippen LogP contribution in [0.3, 0.4) is 0 Å². The lowest BCUT2D eigenvalue weighted by Gasteiger charge is -2.20. The van der Waals surface area contributed by atoms with E-state index in [1.807, 2.05) is 16.7 Å². The smallest absolute Gasteiger partial charge is 0.365 e. The molecule has 2 aliphatic rings. The Morgan fingerprint density at radius 3 is 2.87 bits per heavy atom. The SMILES string of the molecule is COc1ccc2[nH]c3c(c2c1)CCn1c-3nc2sc3c(c2/c1=N\P(=O)(Cl)Cl)CCCC3. The summed E-state index contributed by atoms with van der Waals surface area (Å²) in [7, 11) is 1.67. The lowest BCUT2D eigenvalue weighted by molar-refractivity contribution is 0.415. The summed E-state index contributed by atoms with van der Waals surface area (Å²) >= 11 is 13.6. The van der Waals surface area contributed by atoms with Gasteiger partial charge in [0.25, 0.3) is 0 Å². The average molecular weight is 493 g/mol. The van der Waals surface area contributed by atoms with Gasteiger partial charge in [0.1, 0.15) is 16.1 Å². The maximum absolute atomic E-state index is 12.4. The number of ether oxygens (including phenoxy) is 1. The fourth-order valence-electron chi connectivity index (χ4n) is 4.90. The van der Waals surface area contributed by atoms with E-state index in [9.17, 15) is 4.57 Å². The number of hydrogen-bond donors (Lipinski definition) is 1. The van der Waals surface area contributed by atoms with E-state index in [4.69, 9.17) is 32.2 Å². The minimum atomic E-state index is -3.67. The minimum absolute atomic E-state index is 0.592. The van der Waals surface area contributed by atoms with Crippen LogP contribution in [0.25, 0.3) is 32.6 Å². The molecule has 4 heterocycles. The van der Waals surface area contributed by atoms with Crippen molar-refractivity contribution >= 4 is 60.9 Å². The number of aryl methyl sites for hydroxylation is 3. The molecular formula is C21H19Cl2N4O2PS. The monoisotopic (exact) mass is 492 g/mol. The van der Waals surface area contributed by atoms with Crippen LogP contribution in [0.1, 0.15) is 28.8 Å². The van der Waals surface area contributed by atoms with Crippen LogP contribution in [-0.2, 0) is 30.4 Å². The van der Waals surface area contributed by atoms with Gasteiger partial charge in [-0.05, 0) is 83.9 Å². The number of fused-ring (bicyclic) bond motifs is 8. The van der Waals surface area contributed by atoms with E-state index in [-0.39, 0.29) is 0 Å². The number of nitrogens with zero attached hydrogens (tertiary/aromatic N) is 3. The highest BCUT2D eigenvalue weighted by Gasteiger charge is 2.28. The van der Waals surface area contributed by atoms with Crippen LogP contribution in [-0.4, -0.2) is 21.6 Å². The van der Waals surface area contributed by atoms with Crippen molar-refractivity contribution in [2.75, 3.05) is 7.11 Å². The molecule has 31 heavy (non-hydrogen) atoms. The van der Waals surface area contributed by atoms with Gasteiger partial charge in [-0.2, -0.15) is 4.76 Å². The molecule has 0 saturated heterocycles. The average Bonchev–Trinajstić information content (AvgIpc) is 3.30. The van der Waals surface area contributed by atoms with Crippen LogP contribution in [0.15, 0.2) is 23.0 Å². The highest BCUT2D eigenvalue weighted by molar-refractivity contribution is 8.07. The highest BCUT2D eigenvalue weighted by Crippen LogP contribution is 2.57. The van der Waals surface area contributed by atoms with Gasteiger partial charge in [-0.1, -0.05) is 0 Å². The topological polar surface area (TPSA) is 72.3 Å². The number of thiophene rings is 1. The van der Waals surface area contributed by atoms with Gasteiger partial charge in [-0.25, -0.2) is 4.98 Å². The van der Waals surface area contributed by atoms with Crippen molar-refractivity contribution in [3.05, 3.63) is 39.7 Å². The van der Waals surface area contributed by atoms with Crippen LogP contribution in [0.5, 0.6) is 5.75 Å². The quantitative estimate of drug-likeness (QED) is 0.339. The molecule has 1 aromatic carbocycles. The van der Waals surface area contributed by atoms with Crippen LogP contribution in [0.2, 0.25) is 0 Å². The molecule has 1 N–H and O–H groups in total. The normalized spacial score (nSPS) is 16.4. The van der Waals surface area contributed by atoms with Crippen molar-refractivity contribution < 1.29 is 9.30 Å². The lowest BCUT2D eigenvalue weighted by Crippen LogP contribution is -2.28. The second-order valence-electron chi connectivity index (χ2n) is 7.98. The molecule has 0 atom stereocenters. The first-order valence-electron chi connectivity index (χ1n) is 10.2. The Hall–Kier alpha value is -1.79. The van der Waals surface area contributed by atoms with Crippen molar-refractivity contribution in [1.29, 1.82) is 0 Å². The molecule has 0 amide bonds. The van der Waals surface area contributed by atoms with E-state index in [2.05, 4.69) is 15.8 Å². The molecule has 0 fully saturated rings. The summed E-state index contributed by atoms with van der Waals surface area (Å²) in [4.78, 5) is 10.8. The van der Waals surface area contributed by atoms with Gasteiger partial charge in [-0.3, -0.25) is 4.57 Å². The number of benzene rings is 1. The molecule has 0 spiro atoms. The number of hydrogen-bond acceptors (Lipinski definition) is 4. The van der Waals surface area contributed by atoms with Gasteiger partial charge in [0, 0.05) is 22.3 Å². The molecule has 6 rings (SSSR count). The Kier molecular flexibility index (Phi) is 4.55. The van der Waals surface area contributed by atoms with Crippen molar-refractivity contribution in [2.45, 2.75) is 38.6 Å². The van der Waals surface area contributed by atoms with Gasteiger partial charge in [0.05, 0.1) is 18.2 Å². The Bertz CT molecular complexity index is 1500. The standard InChI is InChI=1S/C21H19Cl2N4O2PS/c1-29-11-6-7-15-14(10-11)12-8-9-27-19(26-30(22,23)28)17-13-4-2-3-5-16(13)31-21(17)25-20(27)18(12)24-15/h6-7,10,24H,2-5,8-9H2,1H3/b26-19+. The van der Waals surface area contributed by atoms with Crippen molar-refractivity contribution in [3.8, 4) is 17.3 Å². The number of aromatic amines is 1. The van der Waals surface area contributed by atoms with Gasteiger partial charge in [-0.15, -0.1) is 11.3 Å². The molecule has 0 unspecified atom stereocenters. The molecule has 1 aliphatic heterocycles. The third kappa shape index (κ3) is 3.17. The van der Waals surface area contributed by atoms with Crippen molar-refractivity contribution in [1.82, 2.24) is 14.5 Å². The van der Waals surface area contributed by atoms with Gasteiger partial charge >= 0.3 is 6.00 Å². The van der Waals surface area contributed by atoms with Crippen LogP contribution in [0.4, 0.5) is 0 Å². The molecule has 6 nitrogen and oxygen atoms in total. The van der Waals surface area contributed by atoms with E-state index in [0.717, 1.165) is 64.1 Å². The minimum Gasteiger partial charge on any atom is -0.497 e. The van der Waals surface area contributed by atoms with Gasteiger partial charge in [0.15, 0.2) is 5.82 Å². The number of aromatic nitrogens is 3. The first-order valence-corrected chi connectivity index (χ1v) is 14.5. The van der Waals surface area contributed by atoms with Crippen LogP contribution < -0.4 is 10.2 Å². The molecule has 1 aliphatic carbocycles. The largest absolute Gasteiger partial charge is 0.497 e. The van der Waals surface area contributed by atoms with Crippen LogP contribution >= 0.6 is 39.8 Å². The molecule has 3 aromatic heterocycles. The molecule has 10 heteroatoms. The first kappa shape index (κ1) is 19.9. The Labute approximate surface area is 191 Å². The van der Waals surface area contributed by atoms with Crippen LogP contribution in [0, 0.1) is 0 Å². The second-order valence-corrected chi connectivity index (χ2v) is 13.4. The van der Waals surface area contributed by atoms with Gasteiger partial charge < -0.3 is 14.3 Å². The highest BCUT2D eigenvalue weighted by atomic mass is 35.9. The molecule has 4 aromatic rings. The number of rotatable bonds is 2. The van der Waals surface area contributed by atoms with E-state index in [1.54, 1.807) is 18.4 Å². The predicted octanol–water partition coefficient (Wildman–Crippen LogP) is 6.18. The van der Waals surface area contributed by atoms with E-state index in [0.29, 0.717) is 12.0 Å². The summed E-state index contributed by atoms with van der Waals surface area (Å²) in [5.74, 6) is -2.07. The molecular weight excluding hydrogens is 474 g/mol. The maximum atomic E-state index is 12.4.